The maximum atomic E-state index is 15.1. The van der Waals surface area contributed by atoms with Crippen molar-refractivity contribution in [2.45, 2.75) is 90.4 Å². The van der Waals surface area contributed by atoms with Crippen LogP contribution in [0, 0.1) is 17.3 Å². The molecule has 0 radical (unpaired) electrons. The smallest absolute Gasteiger partial charge is 0.425 e. The van der Waals surface area contributed by atoms with E-state index in [-0.39, 0.29) is 43.2 Å². The highest BCUT2D eigenvalue weighted by Crippen LogP contribution is 2.53. The highest BCUT2D eigenvalue weighted by molar-refractivity contribution is 6.13. The van der Waals surface area contributed by atoms with E-state index in [4.69, 9.17) is 4.74 Å². The fourth-order valence-corrected chi connectivity index (χ4v) is 6.37. The number of carbonyl (C=O) groups is 3. The van der Waals surface area contributed by atoms with E-state index in [0.29, 0.717) is 12.2 Å². The van der Waals surface area contributed by atoms with Crippen LogP contribution < -0.4 is 10.1 Å². The number of Topliss-reactive ketones (excluding diaryl/α,β-unsaturated/α-hetero) is 1. The second kappa shape index (κ2) is 10.0. The van der Waals surface area contributed by atoms with Gasteiger partial charge in [0, 0.05) is 24.6 Å². The van der Waals surface area contributed by atoms with E-state index in [0.717, 1.165) is 18.4 Å². The average molecular weight is 535 g/mol. The van der Waals surface area contributed by atoms with E-state index in [1.54, 1.807) is 24.3 Å². The fourth-order valence-electron chi connectivity index (χ4n) is 6.37. The standard InChI is InChI=1S/C29H37F3N2O4/c1-17-7-6-8-21(18(17)2)34-22-15-27(3,4)16-23(35)25(22)28(26(34)37,29(30,31)32)33-24(36)14-11-19-9-12-20(38-5)13-10-19/h9-10,12-13,17-18,21H,6-8,11,14-16H2,1-5H3,(H,33,36)/t17-,18+,21+,28-/m0/s1. The molecule has 1 aliphatic heterocycles. The molecule has 1 saturated carbocycles. The van der Waals surface area contributed by atoms with Gasteiger partial charge in [-0.2, -0.15) is 13.2 Å². The second-order valence-electron chi connectivity index (χ2n) is 11.9. The number of carbonyl (C=O) groups excluding carboxylic acids is 3. The third-order valence-electron chi connectivity index (χ3n) is 8.61. The Morgan fingerprint density at radius 2 is 1.76 bits per heavy atom. The summed E-state index contributed by atoms with van der Waals surface area (Å²) in [7, 11) is 1.52. The molecule has 0 saturated heterocycles. The lowest BCUT2D eigenvalue weighted by molar-refractivity contribution is -0.195. The highest BCUT2D eigenvalue weighted by atomic mass is 19.4. The molecule has 6 nitrogen and oxygen atoms in total. The third kappa shape index (κ3) is 4.84. The second-order valence-corrected chi connectivity index (χ2v) is 11.9. The number of benzene rings is 1. The minimum absolute atomic E-state index is 0.0450. The Bertz CT molecular complexity index is 1140. The number of aryl methyl sites for hydroxylation is 1. The van der Waals surface area contributed by atoms with Gasteiger partial charge < -0.3 is 15.0 Å². The summed E-state index contributed by atoms with van der Waals surface area (Å²) in [6, 6.07) is 6.40. The van der Waals surface area contributed by atoms with Crippen molar-refractivity contribution in [3.8, 4) is 5.75 Å². The maximum Gasteiger partial charge on any atom is 0.425 e. The highest BCUT2D eigenvalue weighted by Gasteiger charge is 2.72. The first kappa shape index (κ1) is 28.2. The van der Waals surface area contributed by atoms with Gasteiger partial charge in [0.1, 0.15) is 5.75 Å². The van der Waals surface area contributed by atoms with Gasteiger partial charge in [0.15, 0.2) is 5.78 Å². The van der Waals surface area contributed by atoms with E-state index < -0.39 is 46.3 Å². The number of hydrogen-bond donors (Lipinski definition) is 1. The zero-order chi connectivity index (χ0) is 28.0. The SMILES string of the molecule is COc1ccc(CCC(=O)N[C@]2(C(F)(F)F)C(=O)N([C@@H]3CCC[C@H](C)[C@H]3C)C3=C2C(=O)CC(C)(C)C3)cc1. The molecule has 9 heteroatoms. The number of rotatable bonds is 6. The van der Waals surface area contributed by atoms with Gasteiger partial charge in [-0.3, -0.25) is 14.4 Å². The number of hydrogen-bond acceptors (Lipinski definition) is 4. The van der Waals surface area contributed by atoms with E-state index in [9.17, 15) is 14.4 Å². The van der Waals surface area contributed by atoms with E-state index >= 15 is 13.2 Å². The lowest BCUT2D eigenvalue weighted by Crippen LogP contribution is -2.67. The molecule has 0 aromatic heterocycles. The molecule has 1 aromatic carbocycles. The lowest BCUT2D eigenvalue weighted by atomic mass is 9.72. The van der Waals surface area contributed by atoms with Crippen molar-refractivity contribution in [1.29, 1.82) is 0 Å². The number of alkyl halides is 3. The molecule has 4 atom stereocenters. The quantitative estimate of drug-likeness (QED) is 0.534. The van der Waals surface area contributed by atoms with Gasteiger partial charge in [-0.25, -0.2) is 0 Å². The fraction of sp³-hybridized carbons (Fsp3) is 0.621. The summed E-state index contributed by atoms with van der Waals surface area (Å²) in [5.74, 6) is -2.10. The Morgan fingerprint density at radius 1 is 1.11 bits per heavy atom. The first-order valence-corrected chi connectivity index (χ1v) is 13.3. The molecule has 1 N–H and O–H groups in total. The summed E-state index contributed by atoms with van der Waals surface area (Å²) in [4.78, 5) is 41.7. The molecule has 0 bridgehead atoms. The van der Waals surface area contributed by atoms with Crippen molar-refractivity contribution in [1.82, 2.24) is 10.2 Å². The van der Waals surface area contributed by atoms with Gasteiger partial charge in [-0.05, 0) is 54.2 Å². The van der Waals surface area contributed by atoms with Crippen LogP contribution in [0.2, 0.25) is 0 Å². The van der Waals surface area contributed by atoms with Gasteiger partial charge in [-0.15, -0.1) is 0 Å². The Hall–Kier alpha value is -2.84. The van der Waals surface area contributed by atoms with Crippen molar-refractivity contribution in [3.05, 3.63) is 41.1 Å². The molecule has 1 heterocycles. The van der Waals surface area contributed by atoms with Crippen molar-refractivity contribution in [2.75, 3.05) is 7.11 Å². The molecular formula is C29H37F3N2O4. The van der Waals surface area contributed by atoms with Gasteiger partial charge in [-0.1, -0.05) is 52.7 Å². The molecule has 38 heavy (non-hydrogen) atoms. The summed E-state index contributed by atoms with van der Waals surface area (Å²) in [5, 5.41) is 2.07. The minimum Gasteiger partial charge on any atom is -0.497 e. The van der Waals surface area contributed by atoms with Crippen LogP contribution in [0.3, 0.4) is 0 Å². The number of methoxy groups -OCH3 is 1. The summed E-state index contributed by atoms with van der Waals surface area (Å²) in [5.41, 5.74) is -3.68. The molecule has 4 rings (SSSR count). The number of ketones is 1. The van der Waals surface area contributed by atoms with Crippen LogP contribution in [0.25, 0.3) is 0 Å². The zero-order valence-corrected chi connectivity index (χ0v) is 22.7. The normalized spacial score (nSPS) is 29.4. The number of amides is 2. The van der Waals surface area contributed by atoms with Crippen LogP contribution in [0.4, 0.5) is 13.2 Å². The maximum absolute atomic E-state index is 15.1. The van der Waals surface area contributed by atoms with Crippen molar-refractivity contribution in [2.24, 2.45) is 17.3 Å². The first-order chi connectivity index (χ1) is 17.7. The van der Waals surface area contributed by atoms with Crippen LogP contribution in [0.15, 0.2) is 35.5 Å². The van der Waals surface area contributed by atoms with Gasteiger partial charge in [0.05, 0.1) is 12.7 Å². The summed E-state index contributed by atoms with van der Waals surface area (Å²) >= 11 is 0. The molecule has 1 aromatic rings. The Kier molecular flexibility index (Phi) is 7.45. The molecule has 208 valence electrons. The topological polar surface area (TPSA) is 75.7 Å². The summed E-state index contributed by atoms with van der Waals surface area (Å²) in [6.07, 6.45) is -2.96. The van der Waals surface area contributed by atoms with Crippen molar-refractivity contribution in [3.63, 3.8) is 0 Å². The monoisotopic (exact) mass is 534 g/mol. The lowest BCUT2D eigenvalue weighted by Gasteiger charge is -2.43. The van der Waals surface area contributed by atoms with Gasteiger partial charge in [0.2, 0.25) is 11.4 Å². The number of allylic oxidation sites excluding steroid dienone is 1. The Morgan fingerprint density at radius 3 is 2.37 bits per heavy atom. The van der Waals surface area contributed by atoms with Crippen molar-refractivity contribution >= 4 is 17.6 Å². The van der Waals surface area contributed by atoms with Crippen LogP contribution in [-0.2, 0) is 20.8 Å². The predicted octanol–water partition coefficient (Wildman–Crippen LogP) is 5.36. The number of ether oxygens (including phenoxy) is 1. The summed E-state index contributed by atoms with van der Waals surface area (Å²) < 4.78 is 50.3. The van der Waals surface area contributed by atoms with Crippen molar-refractivity contribution < 1.29 is 32.3 Å². The Labute approximate surface area is 222 Å². The third-order valence-corrected chi connectivity index (χ3v) is 8.61. The molecule has 0 spiro atoms. The molecule has 0 unspecified atom stereocenters. The number of nitrogens with one attached hydrogen (secondary N) is 1. The van der Waals surface area contributed by atoms with Crippen LogP contribution in [0.5, 0.6) is 5.75 Å². The van der Waals surface area contributed by atoms with E-state index in [1.807, 2.05) is 27.7 Å². The molecule has 1 fully saturated rings. The molecule has 2 amide bonds. The minimum atomic E-state index is -5.18. The van der Waals surface area contributed by atoms with E-state index in [1.165, 1.54) is 12.0 Å². The van der Waals surface area contributed by atoms with Crippen LogP contribution >= 0.6 is 0 Å². The number of halogens is 3. The number of nitrogens with zero attached hydrogens (tertiary/aromatic N) is 1. The molecule has 2 aliphatic carbocycles. The average Bonchev–Trinajstić information content (AvgIpc) is 3.07. The predicted molar refractivity (Wildman–Crippen MR) is 136 cm³/mol. The molecule has 3 aliphatic rings. The summed E-state index contributed by atoms with van der Waals surface area (Å²) in [6.45, 7) is 7.65. The van der Waals surface area contributed by atoms with Gasteiger partial charge >= 0.3 is 6.18 Å². The largest absolute Gasteiger partial charge is 0.497 e. The Balaban J connectivity index is 1.72. The van der Waals surface area contributed by atoms with Crippen LogP contribution in [-0.4, -0.2) is 47.4 Å². The zero-order valence-electron chi connectivity index (χ0n) is 22.7. The van der Waals surface area contributed by atoms with Gasteiger partial charge in [0.25, 0.3) is 5.91 Å². The van der Waals surface area contributed by atoms with Crippen LogP contribution in [0.1, 0.15) is 71.8 Å². The first-order valence-electron chi connectivity index (χ1n) is 13.3. The molecular weight excluding hydrogens is 497 g/mol. The van der Waals surface area contributed by atoms with E-state index in [2.05, 4.69) is 5.32 Å².